The Morgan fingerprint density at radius 1 is 1.40 bits per heavy atom. The summed E-state index contributed by atoms with van der Waals surface area (Å²) in [6.45, 7) is 1.85. The third-order valence-electron chi connectivity index (χ3n) is 4.80. The lowest BCUT2D eigenvalue weighted by Gasteiger charge is -2.42. The van der Waals surface area contributed by atoms with Crippen molar-refractivity contribution in [2.24, 2.45) is 0 Å². The standard InChI is InChI=1S/C19H19ClN4O/c1-14-16(18(20)24(22-14)15-7-4-3-5-8-15)9-10-17(25)23(2)19(13-21)11-6-12-19/h3-5,7-10H,6,11-12H2,1-2H3/b10-9+. The molecule has 1 aliphatic rings. The highest BCUT2D eigenvalue weighted by molar-refractivity contribution is 6.31. The van der Waals surface area contributed by atoms with Crippen molar-refractivity contribution < 1.29 is 4.79 Å². The van der Waals surface area contributed by atoms with Gasteiger partial charge in [-0.15, -0.1) is 0 Å². The molecular weight excluding hydrogens is 336 g/mol. The van der Waals surface area contributed by atoms with Gasteiger partial charge >= 0.3 is 0 Å². The lowest BCUT2D eigenvalue weighted by molar-refractivity contribution is -0.130. The number of carbonyl (C=O) groups is 1. The number of nitrogens with zero attached hydrogens (tertiary/aromatic N) is 4. The molecule has 0 N–H and O–H groups in total. The highest BCUT2D eigenvalue weighted by Crippen LogP contribution is 2.36. The Hall–Kier alpha value is -2.58. The first kappa shape index (κ1) is 17.2. The van der Waals surface area contributed by atoms with E-state index < -0.39 is 5.54 Å². The lowest BCUT2D eigenvalue weighted by atomic mass is 9.76. The van der Waals surface area contributed by atoms with E-state index in [1.54, 1.807) is 17.8 Å². The smallest absolute Gasteiger partial charge is 0.247 e. The number of benzene rings is 1. The fraction of sp³-hybridized carbons (Fsp3) is 0.316. The van der Waals surface area contributed by atoms with Gasteiger partial charge in [0.25, 0.3) is 0 Å². The number of hydrogen-bond acceptors (Lipinski definition) is 3. The maximum atomic E-state index is 12.4. The van der Waals surface area contributed by atoms with Crippen LogP contribution in [0.5, 0.6) is 0 Å². The number of aromatic nitrogens is 2. The Balaban J connectivity index is 1.84. The summed E-state index contributed by atoms with van der Waals surface area (Å²) in [5.41, 5.74) is 1.64. The molecule has 1 fully saturated rings. The Bertz CT molecular complexity index is 860. The largest absolute Gasteiger partial charge is 0.323 e. The van der Waals surface area contributed by atoms with Gasteiger partial charge in [-0.05, 0) is 44.4 Å². The minimum Gasteiger partial charge on any atom is -0.323 e. The summed E-state index contributed by atoms with van der Waals surface area (Å²) in [6.07, 6.45) is 5.57. The third kappa shape index (κ3) is 3.06. The lowest BCUT2D eigenvalue weighted by Crippen LogP contribution is -2.52. The van der Waals surface area contributed by atoms with Gasteiger partial charge in [-0.3, -0.25) is 4.79 Å². The number of hydrogen-bond donors (Lipinski definition) is 0. The molecule has 2 aromatic rings. The van der Waals surface area contributed by atoms with E-state index in [1.807, 2.05) is 37.3 Å². The normalized spacial score (nSPS) is 15.6. The summed E-state index contributed by atoms with van der Waals surface area (Å²) >= 11 is 6.45. The van der Waals surface area contributed by atoms with Crippen molar-refractivity contribution in [1.29, 1.82) is 5.26 Å². The van der Waals surface area contributed by atoms with E-state index in [9.17, 15) is 10.1 Å². The van der Waals surface area contributed by atoms with E-state index >= 15 is 0 Å². The van der Waals surface area contributed by atoms with Crippen LogP contribution in [0.4, 0.5) is 0 Å². The van der Waals surface area contributed by atoms with Crippen LogP contribution in [0.15, 0.2) is 36.4 Å². The van der Waals surface area contributed by atoms with Crippen LogP contribution in [0.25, 0.3) is 11.8 Å². The molecule has 1 aliphatic carbocycles. The molecule has 0 atom stereocenters. The molecule has 0 radical (unpaired) electrons. The van der Waals surface area contributed by atoms with Gasteiger partial charge in [0.05, 0.1) is 17.5 Å². The minimum absolute atomic E-state index is 0.204. The fourth-order valence-corrected chi connectivity index (χ4v) is 3.29. The average Bonchev–Trinajstić information content (AvgIpc) is 2.87. The number of amides is 1. The maximum absolute atomic E-state index is 12.4. The monoisotopic (exact) mass is 354 g/mol. The Labute approximate surface area is 152 Å². The zero-order valence-corrected chi connectivity index (χ0v) is 15.0. The van der Waals surface area contributed by atoms with Gasteiger partial charge in [0.1, 0.15) is 10.7 Å². The molecule has 0 aliphatic heterocycles. The summed E-state index contributed by atoms with van der Waals surface area (Å²) < 4.78 is 1.65. The SMILES string of the molecule is Cc1nn(-c2ccccc2)c(Cl)c1/C=C/C(=O)N(C)C1(C#N)CCC1. The van der Waals surface area contributed by atoms with Crippen LogP contribution in [0.2, 0.25) is 5.15 Å². The number of para-hydroxylation sites is 1. The van der Waals surface area contributed by atoms with Gasteiger partial charge in [-0.2, -0.15) is 10.4 Å². The Morgan fingerprint density at radius 2 is 2.08 bits per heavy atom. The molecule has 1 aromatic heterocycles. The van der Waals surface area contributed by atoms with Crippen LogP contribution < -0.4 is 0 Å². The molecule has 6 heteroatoms. The molecule has 1 amide bonds. The number of rotatable bonds is 4. The molecule has 1 heterocycles. The van der Waals surface area contributed by atoms with Crippen LogP contribution in [-0.2, 0) is 4.79 Å². The van der Waals surface area contributed by atoms with Gasteiger partial charge in [0.15, 0.2) is 0 Å². The molecule has 1 aromatic carbocycles. The van der Waals surface area contributed by atoms with Gasteiger partial charge in [-0.25, -0.2) is 4.68 Å². The van der Waals surface area contributed by atoms with E-state index in [4.69, 9.17) is 11.6 Å². The van der Waals surface area contributed by atoms with Gasteiger partial charge in [0.2, 0.25) is 5.91 Å². The quantitative estimate of drug-likeness (QED) is 0.785. The van der Waals surface area contributed by atoms with E-state index in [-0.39, 0.29) is 5.91 Å². The highest BCUT2D eigenvalue weighted by atomic mass is 35.5. The molecule has 0 saturated heterocycles. The number of aryl methyl sites for hydroxylation is 1. The zero-order chi connectivity index (χ0) is 18.0. The summed E-state index contributed by atoms with van der Waals surface area (Å²) in [5.74, 6) is -0.204. The Morgan fingerprint density at radius 3 is 2.64 bits per heavy atom. The number of likely N-dealkylation sites (N-methyl/N-ethyl adjacent to an activating group) is 1. The van der Waals surface area contributed by atoms with E-state index in [2.05, 4.69) is 11.2 Å². The molecule has 3 rings (SSSR count). The van der Waals surface area contributed by atoms with E-state index in [1.165, 1.54) is 11.0 Å². The molecule has 0 spiro atoms. The predicted molar refractivity (Wildman–Crippen MR) is 97.3 cm³/mol. The van der Waals surface area contributed by atoms with Crippen LogP contribution in [0.1, 0.15) is 30.5 Å². The summed E-state index contributed by atoms with van der Waals surface area (Å²) in [4.78, 5) is 14.0. The van der Waals surface area contributed by atoms with E-state index in [0.717, 1.165) is 30.6 Å². The molecule has 5 nitrogen and oxygen atoms in total. The first-order valence-electron chi connectivity index (χ1n) is 8.16. The predicted octanol–water partition coefficient (Wildman–Crippen LogP) is 3.75. The average molecular weight is 355 g/mol. The first-order chi connectivity index (χ1) is 12.0. The number of nitriles is 1. The molecule has 1 saturated carbocycles. The van der Waals surface area contributed by atoms with Crippen molar-refractivity contribution in [3.05, 3.63) is 52.8 Å². The maximum Gasteiger partial charge on any atom is 0.247 e. The van der Waals surface area contributed by atoms with Gasteiger partial charge in [0, 0.05) is 18.7 Å². The molecule has 0 unspecified atom stereocenters. The fourth-order valence-electron chi connectivity index (χ4n) is 2.95. The van der Waals surface area contributed by atoms with Crippen molar-refractivity contribution in [2.75, 3.05) is 7.05 Å². The summed E-state index contributed by atoms with van der Waals surface area (Å²) in [5, 5.41) is 14.3. The second-order valence-electron chi connectivity index (χ2n) is 6.26. The molecule has 25 heavy (non-hydrogen) atoms. The van der Waals surface area contributed by atoms with Crippen molar-refractivity contribution in [3.8, 4) is 11.8 Å². The summed E-state index contributed by atoms with van der Waals surface area (Å²) in [7, 11) is 1.68. The van der Waals surface area contributed by atoms with Crippen molar-refractivity contribution in [1.82, 2.24) is 14.7 Å². The summed E-state index contributed by atoms with van der Waals surface area (Å²) in [6, 6.07) is 11.9. The van der Waals surface area contributed by atoms with E-state index in [0.29, 0.717) is 10.7 Å². The molecule has 128 valence electrons. The topological polar surface area (TPSA) is 61.9 Å². The van der Waals surface area contributed by atoms with Crippen LogP contribution in [-0.4, -0.2) is 33.2 Å². The van der Waals surface area contributed by atoms with Crippen molar-refractivity contribution in [2.45, 2.75) is 31.7 Å². The van der Waals surface area contributed by atoms with Crippen LogP contribution in [0.3, 0.4) is 0 Å². The zero-order valence-electron chi connectivity index (χ0n) is 14.2. The van der Waals surface area contributed by atoms with Crippen LogP contribution >= 0.6 is 11.6 Å². The van der Waals surface area contributed by atoms with Crippen molar-refractivity contribution >= 4 is 23.6 Å². The minimum atomic E-state index is -0.658. The first-order valence-corrected chi connectivity index (χ1v) is 8.54. The molecule has 0 bridgehead atoms. The third-order valence-corrected chi connectivity index (χ3v) is 5.17. The van der Waals surface area contributed by atoms with Crippen LogP contribution in [0, 0.1) is 18.3 Å². The van der Waals surface area contributed by atoms with Gasteiger partial charge < -0.3 is 4.90 Å². The second-order valence-corrected chi connectivity index (χ2v) is 6.62. The van der Waals surface area contributed by atoms with Gasteiger partial charge in [-0.1, -0.05) is 29.8 Å². The van der Waals surface area contributed by atoms with Crippen molar-refractivity contribution in [3.63, 3.8) is 0 Å². The number of carbonyl (C=O) groups excluding carboxylic acids is 1. The Kier molecular flexibility index (Phi) is 4.65. The second kappa shape index (κ2) is 6.73. The number of halogens is 1. The molecular formula is C19H19ClN4O. The highest BCUT2D eigenvalue weighted by Gasteiger charge is 2.42.